The van der Waals surface area contributed by atoms with Crippen molar-refractivity contribution >= 4 is 5.82 Å². The van der Waals surface area contributed by atoms with Gasteiger partial charge in [-0.3, -0.25) is 4.98 Å². The molecule has 3 rings (SSSR count). The van der Waals surface area contributed by atoms with Gasteiger partial charge in [-0.2, -0.15) is 0 Å². The minimum atomic E-state index is 0.240. The third kappa shape index (κ3) is 3.63. The third-order valence-corrected chi connectivity index (χ3v) is 4.36. The molecule has 22 heavy (non-hydrogen) atoms. The number of anilines is 1. The smallest absolute Gasteiger partial charge is 0.148 e. The number of aromatic nitrogens is 2. The van der Waals surface area contributed by atoms with Gasteiger partial charge >= 0.3 is 0 Å². The Morgan fingerprint density at radius 1 is 1.09 bits per heavy atom. The minimum absolute atomic E-state index is 0.240. The molecular formula is C18H24N4. The highest BCUT2D eigenvalue weighted by Gasteiger charge is 2.16. The van der Waals surface area contributed by atoms with Crippen LogP contribution in [0.1, 0.15) is 36.9 Å². The Hall–Kier alpha value is -1.94. The molecular weight excluding hydrogens is 272 g/mol. The minimum Gasteiger partial charge on any atom is -0.367 e. The number of likely N-dealkylation sites (tertiary alicyclic amines) is 1. The quantitative estimate of drug-likeness (QED) is 0.889. The highest BCUT2D eigenvalue weighted by Crippen LogP contribution is 2.26. The molecule has 4 heteroatoms. The summed E-state index contributed by atoms with van der Waals surface area (Å²) in [6.07, 6.45) is 6.21. The summed E-state index contributed by atoms with van der Waals surface area (Å²) in [5.41, 5.74) is 2.29. The maximum absolute atomic E-state index is 4.57. The second kappa shape index (κ2) is 7.36. The van der Waals surface area contributed by atoms with Crippen LogP contribution in [0.3, 0.4) is 0 Å². The number of nitrogens with zero attached hydrogens (tertiary/aromatic N) is 3. The van der Waals surface area contributed by atoms with Crippen molar-refractivity contribution in [1.29, 1.82) is 0 Å². The molecule has 2 heterocycles. The number of hydrogen-bond donors (Lipinski definition) is 1. The van der Waals surface area contributed by atoms with Crippen molar-refractivity contribution in [3.63, 3.8) is 0 Å². The van der Waals surface area contributed by atoms with Gasteiger partial charge in [-0.1, -0.05) is 37.3 Å². The van der Waals surface area contributed by atoms with E-state index in [1.807, 2.05) is 6.07 Å². The average molecular weight is 296 g/mol. The van der Waals surface area contributed by atoms with Gasteiger partial charge in [-0.05, 0) is 31.5 Å². The van der Waals surface area contributed by atoms with E-state index in [1.54, 1.807) is 12.4 Å². The molecule has 1 fully saturated rings. The predicted molar refractivity (Wildman–Crippen MR) is 90.2 cm³/mol. The van der Waals surface area contributed by atoms with Crippen LogP contribution in [0, 0.1) is 0 Å². The van der Waals surface area contributed by atoms with E-state index in [-0.39, 0.29) is 5.92 Å². The molecule has 0 bridgehead atoms. The Balaban J connectivity index is 1.66. The van der Waals surface area contributed by atoms with Crippen LogP contribution in [0.2, 0.25) is 0 Å². The molecule has 0 amide bonds. The summed E-state index contributed by atoms with van der Waals surface area (Å²) in [6, 6.07) is 10.5. The lowest BCUT2D eigenvalue weighted by Crippen LogP contribution is -2.26. The van der Waals surface area contributed by atoms with E-state index in [0.717, 1.165) is 24.6 Å². The van der Waals surface area contributed by atoms with Crippen molar-refractivity contribution in [3.05, 3.63) is 54.0 Å². The lowest BCUT2D eigenvalue weighted by atomic mass is 9.97. The van der Waals surface area contributed by atoms with Crippen LogP contribution >= 0.6 is 0 Å². The Morgan fingerprint density at radius 3 is 2.59 bits per heavy atom. The van der Waals surface area contributed by atoms with Crippen molar-refractivity contribution in [3.8, 4) is 0 Å². The summed E-state index contributed by atoms with van der Waals surface area (Å²) < 4.78 is 0. The fourth-order valence-electron chi connectivity index (χ4n) is 3.04. The summed E-state index contributed by atoms with van der Waals surface area (Å²) >= 11 is 0. The van der Waals surface area contributed by atoms with Crippen LogP contribution in [0.5, 0.6) is 0 Å². The number of benzene rings is 1. The fraction of sp³-hybridized carbons (Fsp3) is 0.444. The first-order valence-electron chi connectivity index (χ1n) is 8.16. The zero-order valence-electron chi connectivity index (χ0n) is 13.2. The molecule has 1 atom stereocenters. The van der Waals surface area contributed by atoms with Crippen molar-refractivity contribution in [1.82, 2.24) is 14.9 Å². The first-order valence-corrected chi connectivity index (χ1v) is 8.16. The van der Waals surface area contributed by atoms with Crippen molar-refractivity contribution in [2.75, 3.05) is 31.5 Å². The maximum Gasteiger partial charge on any atom is 0.148 e. The van der Waals surface area contributed by atoms with E-state index in [9.17, 15) is 0 Å². The predicted octanol–water partition coefficient (Wildman–Crippen LogP) is 3.14. The van der Waals surface area contributed by atoms with Crippen molar-refractivity contribution in [2.24, 2.45) is 0 Å². The van der Waals surface area contributed by atoms with Crippen molar-refractivity contribution in [2.45, 2.75) is 25.7 Å². The second-order valence-corrected chi connectivity index (χ2v) is 5.90. The largest absolute Gasteiger partial charge is 0.367 e. The molecule has 1 aliphatic heterocycles. The average Bonchev–Trinajstić information content (AvgIpc) is 3.09. The fourth-order valence-corrected chi connectivity index (χ4v) is 3.04. The lowest BCUT2D eigenvalue weighted by Gasteiger charge is -2.18. The molecule has 0 saturated carbocycles. The Kier molecular flexibility index (Phi) is 5.01. The van der Waals surface area contributed by atoms with Gasteiger partial charge in [0.1, 0.15) is 5.82 Å². The molecule has 2 aromatic rings. The van der Waals surface area contributed by atoms with E-state index in [2.05, 4.69) is 51.4 Å². The summed E-state index contributed by atoms with van der Waals surface area (Å²) in [5.74, 6) is 1.15. The van der Waals surface area contributed by atoms with Gasteiger partial charge in [-0.25, -0.2) is 4.98 Å². The Morgan fingerprint density at radius 2 is 1.82 bits per heavy atom. The Labute approximate surface area is 132 Å². The monoisotopic (exact) mass is 296 g/mol. The molecule has 0 aliphatic carbocycles. The molecule has 1 aromatic heterocycles. The number of rotatable bonds is 6. The molecule has 1 N–H and O–H groups in total. The zero-order valence-corrected chi connectivity index (χ0v) is 13.2. The first kappa shape index (κ1) is 15.0. The van der Waals surface area contributed by atoms with Crippen LogP contribution in [0.4, 0.5) is 5.82 Å². The number of nitrogens with one attached hydrogen (secondary N) is 1. The van der Waals surface area contributed by atoms with Gasteiger partial charge in [-0.15, -0.1) is 0 Å². The van der Waals surface area contributed by atoms with E-state index >= 15 is 0 Å². The number of hydrogen-bond acceptors (Lipinski definition) is 4. The topological polar surface area (TPSA) is 41.1 Å². The van der Waals surface area contributed by atoms with Crippen LogP contribution in [0.15, 0.2) is 42.7 Å². The van der Waals surface area contributed by atoms with E-state index in [1.165, 1.54) is 31.5 Å². The lowest BCUT2D eigenvalue weighted by molar-refractivity contribution is 0.352. The second-order valence-electron chi connectivity index (χ2n) is 5.90. The van der Waals surface area contributed by atoms with Crippen molar-refractivity contribution < 1.29 is 0 Å². The summed E-state index contributed by atoms with van der Waals surface area (Å²) in [7, 11) is 0. The summed E-state index contributed by atoms with van der Waals surface area (Å²) in [5, 5.41) is 3.48. The Bertz CT molecular complexity index is 579. The van der Waals surface area contributed by atoms with Gasteiger partial charge in [0.05, 0.1) is 5.69 Å². The van der Waals surface area contributed by atoms with Gasteiger partial charge in [0.25, 0.3) is 0 Å². The SMILES string of the molecule is CC(c1ccccc1)c1nccnc1NCCN1CCCC1. The van der Waals surface area contributed by atoms with Crippen LogP contribution < -0.4 is 5.32 Å². The van der Waals surface area contributed by atoms with Gasteiger partial charge in [0, 0.05) is 31.4 Å². The molecule has 1 aliphatic rings. The van der Waals surface area contributed by atoms with E-state index in [0.29, 0.717) is 0 Å². The molecule has 1 aromatic carbocycles. The van der Waals surface area contributed by atoms with E-state index in [4.69, 9.17) is 0 Å². The highest BCUT2D eigenvalue weighted by molar-refractivity contribution is 5.45. The van der Waals surface area contributed by atoms with Gasteiger partial charge in [0.15, 0.2) is 0 Å². The normalized spacial score (nSPS) is 16.6. The van der Waals surface area contributed by atoms with Gasteiger partial charge < -0.3 is 10.2 Å². The zero-order chi connectivity index (χ0) is 15.2. The summed E-state index contributed by atoms with van der Waals surface area (Å²) in [4.78, 5) is 11.6. The third-order valence-electron chi connectivity index (χ3n) is 4.36. The van der Waals surface area contributed by atoms with E-state index < -0.39 is 0 Å². The molecule has 0 spiro atoms. The standard InChI is InChI=1S/C18H24N4/c1-15(16-7-3-2-4-8-16)17-18(20-10-9-19-17)21-11-14-22-12-5-6-13-22/h2-4,7-10,15H,5-6,11-14H2,1H3,(H,20,21). The van der Waals surface area contributed by atoms with Crippen LogP contribution in [0.25, 0.3) is 0 Å². The molecule has 1 unspecified atom stereocenters. The molecule has 0 radical (unpaired) electrons. The molecule has 1 saturated heterocycles. The molecule has 4 nitrogen and oxygen atoms in total. The maximum atomic E-state index is 4.57. The van der Waals surface area contributed by atoms with Crippen LogP contribution in [-0.2, 0) is 0 Å². The summed E-state index contributed by atoms with van der Waals surface area (Å²) in [6.45, 7) is 6.65. The highest BCUT2D eigenvalue weighted by atomic mass is 15.2. The van der Waals surface area contributed by atoms with Gasteiger partial charge in [0.2, 0.25) is 0 Å². The first-order chi connectivity index (χ1) is 10.8. The van der Waals surface area contributed by atoms with Crippen LogP contribution in [-0.4, -0.2) is 41.0 Å². The molecule has 116 valence electrons.